The summed E-state index contributed by atoms with van der Waals surface area (Å²) in [7, 11) is 1.96. The summed E-state index contributed by atoms with van der Waals surface area (Å²) >= 11 is 8.00. The van der Waals surface area contributed by atoms with E-state index in [1.54, 1.807) is 6.07 Å². The summed E-state index contributed by atoms with van der Waals surface area (Å²) in [6.45, 7) is 4.44. The van der Waals surface area contributed by atoms with E-state index < -0.39 is 0 Å². The Kier molecular flexibility index (Phi) is 7.05. The van der Waals surface area contributed by atoms with Gasteiger partial charge in [0, 0.05) is 22.1 Å². The molecule has 2 unspecified atom stereocenters. The summed E-state index contributed by atoms with van der Waals surface area (Å²) in [6, 6.07) is 4.99. The third-order valence-electron chi connectivity index (χ3n) is 3.05. The molecule has 0 aliphatic carbocycles. The second-order valence-corrected chi connectivity index (χ2v) is 6.36. The molecule has 1 rings (SSSR count). The van der Waals surface area contributed by atoms with Crippen LogP contribution in [0.3, 0.4) is 0 Å². The molecule has 0 fully saturated rings. The van der Waals surface area contributed by atoms with Crippen molar-refractivity contribution in [2.75, 3.05) is 12.8 Å². The van der Waals surface area contributed by atoms with E-state index in [-0.39, 0.29) is 5.82 Å². The highest BCUT2D eigenvalue weighted by molar-refractivity contribution is 7.99. The van der Waals surface area contributed by atoms with Crippen LogP contribution in [0.5, 0.6) is 0 Å². The minimum absolute atomic E-state index is 0.279. The maximum absolute atomic E-state index is 13.0. The molecule has 0 heterocycles. The Hall–Kier alpha value is -0.250. The molecule has 0 bridgehead atoms. The number of rotatable bonds is 7. The van der Waals surface area contributed by atoms with Crippen LogP contribution in [0, 0.1) is 5.82 Å². The first-order valence-electron chi connectivity index (χ1n) is 6.29. The van der Waals surface area contributed by atoms with E-state index in [0.29, 0.717) is 16.3 Å². The Balaban J connectivity index is 2.56. The summed E-state index contributed by atoms with van der Waals surface area (Å²) in [6.07, 6.45) is 2.01. The van der Waals surface area contributed by atoms with E-state index in [0.717, 1.165) is 17.7 Å². The van der Waals surface area contributed by atoms with Crippen LogP contribution in [0.15, 0.2) is 18.2 Å². The Labute approximate surface area is 118 Å². The first kappa shape index (κ1) is 15.8. The number of thioether (sulfide) groups is 1. The lowest BCUT2D eigenvalue weighted by Crippen LogP contribution is -2.30. The third kappa shape index (κ3) is 5.17. The molecular weight excluding hydrogens is 269 g/mol. The number of benzene rings is 1. The largest absolute Gasteiger partial charge is 0.316 e. The van der Waals surface area contributed by atoms with Gasteiger partial charge in [0.15, 0.2) is 0 Å². The van der Waals surface area contributed by atoms with Crippen LogP contribution < -0.4 is 5.32 Å². The van der Waals surface area contributed by atoms with Crippen LogP contribution in [0.4, 0.5) is 4.39 Å². The molecule has 102 valence electrons. The van der Waals surface area contributed by atoms with Crippen molar-refractivity contribution in [2.24, 2.45) is 0 Å². The van der Waals surface area contributed by atoms with Gasteiger partial charge in [-0.25, -0.2) is 4.39 Å². The lowest BCUT2D eigenvalue weighted by molar-refractivity contribution is 0.609. The second-order valence-electron chi connectivity index (χ2n) is 4.48. The monoisotopic (exact) mass is 289 g/mol. The quantitative estimate of drug-likeness (QED) is 0.809. The summed E-state index contributed by atoms with van der Waals surface area (Å²) in [4.78, 5) is 0. The highest BCUT2D eigenvalue weighted by Gasteiger charge is 2.12. The van der Waals surface area contributed by atoms with Crippen molar-refractivity contribution in [3.05, 3.63) is 34.6 Å². The van der Waals surface area contributed by atoms with E-state index in [1.807, 2.05) is 18.8 Å². The second kappa shape index (κ2) is 8.03. The highest BCUT2D eigenvalue weighted by Crippen LogP contribution is 2.21. The van der Waals surface area contributed by atoms with Gasteiger partial charge in [0.2, 0.25) is 0 Å². The fraction of sp³-hybridized carbons (Fsp3) is 0.571. The Morgan fingerprint density at radius 1 is 1.44 bits per heavy atom. The molecule has 0 aromatic heterocycles. The molecule has 0 radical (unpaired) electrons. The number of hydrogen-bond donors (Lipinski definition) is 1. The summed E-state index contributed by atoms with van der Waals surface area (Å²) in [5.74, 6) is 0.762. The van der Waals surface area contributed by atoms with Crippen LogP contribution in [0.1, 0.15) is 25.8 Å². The molecule has 1 N–H and O–H groups in total. The van der Waals surface area contributed by atoms with Crippen LogP contribution >= 0.6 is 23.4 Å². The number of halogens is 2. The van der Waals surface area contributed by atoms with E-state index in [1.165, 1.54) is 18.6 Å². The number of likely N-dealkylation sites (N-methyl/N-ethyl adjacent to an activating group) is 1. The molecule has 18 heavy (non-hydrogen) atoms. The maximum Gasteiger partial charge on any atom is 0.124 e. The summed E-state index contributed by atoms with van der Waals surface area (Å²) in [5, 5.41) is 4.49. The minimum Gasteiger partial charge on any atom is -0.316 e. The van der Waals surface area contributed by atoms with E-state index in [2.05, 4.69) is 19.2 Å². The van der Waals surface area contributed by atoms with Gasteiger partial charge < -0.3 is 5.32 Å². The molecule has 4 heteroatoms. The number of hydrogen-bond acceptors (Lipinski definition) is 2. The average Bonchev–Trinajstić information content (AvgIpc) is 2.36. The third-order valence-corrected chi connectivity index (χ3v) is 4.90. The van der Waals surface area contributed by atoms with Crippen molar-refractivity contribution in [3.8, 4) is 0 Å². The van der Waals surface area contributed by atoms with E-state index in [9.17, 15) is 4.39 Å². The van der Waals surface area contributed by atoms with Gasteiger partial charge in [0.25, 0.3) is 0 Å². The maximum atomic E-state index is 13.0. The highest BCUT2D eigenvalue weighted by atomic mass is 35.5. The molecule has 2 atom stereocenters. The molecule has 0 aliphatic heterocycles. The Bertz CT molecular complexity index is 373. The van der Waals surface area contributed by atoms with Gasteiger partial charge in [-0.2, -0.15) is 11.8 Å². The zero-order chi connectivity index (χ0) is 13.5. The zero-order valence-corrected chi connectivity index (χ0v) is 12.7. The van der Waals surface area contributed by atoms with Crippen LogP contribution in [-0.2, 0) is 6.42 Å². The SMILES string of the molecule is CCC(C)SCC(Cc1ccc(F)cc1Cl)NC. The van der Waals surface area contributed by atoms with Gasteiger partial charge in [0.05, 0.1) is 0 Å². The molecular formula is C14H21ClFNS. The van der Waals surface area contributed by atoms with Gasteiger partial charge in [0.1, 0.15) is 5.82 Å². The number of nitrogens with one attached hydrogen (secondary N) is 1. The molecule has 1 aromatic rings. The molecule has 0 saturated carbocycles. The molecule has 1 nitrogen and oxygen atoms in total. The van der Waals surface area contributed by atoms with Crippen LogP contribution in [-0.4, -0.2) is 24.1 Å². The lowest BCUT2D eigenvalue weighted by Gasteiger charge is -2.18. The van der Waals surface area contributed by atoms with Crippen molar-refractivity contribution in [2.45, 2.75) is 38.0 Å². The van der Waals surface area contributed by atoms with Gasteiger partial charge in [-0.15, -0.1) is 0 Å². The van der Waals surface area contributed by atoms with Crippen molar-refractivity contribution in [1.29, 1.82) is 0 Å². The average molecular weight is 290 g/mol. The fourth-order valence-electron chi connectivity index (χ4n) is 1.60. The predicted molar refractivity (Wildman–Crippen MR) is 80.2 cm³/mol. The normalized spacial score (nSPS) is 14.5. The Morgan fingerprint density at radius 2 is 2.17 bits per heavy atom. The van der Waals surface area contributed by atoms with E-state index in [4.69, 9.17) is 11.6 Å². The van der Waals surface area contributed by atoms with Gasteiger partial charge in [-0.05, 0) is 37.6 Å². The van der Waals surface area contributed by atoms with Gasteiger partial charge in [-0.3, -0.25) is 0 Å². The van der Waals surface area contributed by atoms with Gasteiger partial charge >= 0.3 is 0 Å². The first-order chi connectivity index (χ1) is 8.56. The van der Waals surface area contributed by atoms with Crippen molar-refractivity contribution >= 4 is 23.4 Å². The molecule has 0 spiro atoms. The predicted octanol–water partition coefficient (Wildman–Crippen LogP) is 4.14. The van der Waals surface area contributed by atoms with Crippen molar-refractivity contribution < 1.29 is 4.39 Å². The fourth-order valence-corrected chi connectivity index (χ4v) is 2.92. The summed E-state index contributed by atoms with van der Waals surface area (Å²) in [5.41, 5.74) is 1.00. The molecule has 1 aromatic carbocycles. The molecule has 0 aliphatic rings. The molecule has 0 amide bonds. The standard InChI is InChI=1S/C14H21ClFNS/c1-4-10(2)18-9-13(17-3)7-11-5-6-12(16)8-14(11)15/h5-6,8,10,13,17H,4,7,9H2,1-3H3. The zero-order valence-electron chi connectivity index (χ0n) is 11.2. The van der Waals surface area contributed by atoms with Crippen molar-refractivity contribution in [1.82, 2.24) is 5.32 Å². The Morgan fingerprint density at radius 3 is 2.72 bits per heavy atom. The lowest BCUT2D eigenvalue weighted by atomic mass is 10.1. The topological polar surface area (TPSA) is 12.0 Å². The minimum atomic E-state index is -0.279. The first-order valence-corrected chi connectivity index (χ1v) is 7.72. The van der Waals surface area contributed by atoms with Gasteiger partial charge in [-0.1, -0.05) is 31.5 Å². The van der Waals surface area contributed by atoms with Crippen molar-refractivity contribution in [3.63, 3.8) is 0 Å². The van der Waals surface area contributed by atoms with Crippen LogP contribution in [0.25, 0.3) is 0 Å². The summed E-state index contributed by atoms with van der Waals surface area (Å²) < 4.78 is 13.0. The molecule has 0 saturated heterocycles. The smallest absolute Gasteiger partial charge is 0.124 e. The van der Waals surface area contributed by atoms with E-state index >= 15 is 0 Å². The van der Waals surface area contributed by atoms with Crippen LogP contribution in [0.2, 0.25) is 5.02 Å².